The SMILES string of the molecule is CCCNCC(C)(C)CN(CC)CCCN(CC)CC. The van der Waals surface area contributed by atoms with Gasteiger partial charge in [-0.2, -0.15) is 0 Å². The van der Waals surface area contributed by atoms with Gasteiger partial charge in [-0.3, -0.25) is 0 Å². The van der Waals surface area contributed by atoms with Crippen molar-refractivity contribution in [3.63, 3.8) is 0 Å². The maximum absolute atomic E-state index is 3.56. The zero-order valence-corrected chi connectivity index (χ0v) is 15.0. The van der Waals surface area contributed by atoms with Gasteiger partial charge in [0.05, 0.1) is 0 Å². The molecule has 0 saturated carbocycles. The zero-order valence-electron chi connectivity index (χ0n) is 15.0. The van der Waals surface area contributed by atoms with E-state index in [1.54, 1.807) is 0 Å². The molecule has 0 unspecified atom stereocenters. The predicted octanol–water partition coefficient (Wildman–Crippen LogP) is 3.07. The van der Waals surface area contributed by atoms with Crippen LogP contribution in [0.2, 0.25) is 0 Å². The highest BCUT2D eigenvalue weighted by Gasteiger charge is 2.20. The second-order valence-corrected chi connectivity index (χ2v) is 6.59. The number of hydrogen-bond donors (Lipinski definition) is 1. The summed E-state index contributed by atoms with van der Waals surface area (Å²) in [5.74, 6) is 0. The first-order chi connectivity index (χ1) is 9.49. The smallest absolute Gasteiger partial charge is 0.00447 e. The van der Waals surface area contributed by atoms with E-state index in [0.717, 1.165) is 19.6 Å². The quantitative estimate of drug-likeness (QED) is 0.525. The largest absolute Gasteiger partial charge is 0.316 e. The molecule has 0 bridgehead atoms. The summed E-state index contributed by atoms with van der Waals surface area (Å²) in [6.45, 7) is 23.2. The van der Waals surface area contributed by atoms with Crippen LogP contribution in [-0.2, 0) is 0 Å². The van der Waals surface area contributed by atoms with Gasteiger partial charge in [0.25, 0.3) is 0 Å². The van der Waals surface area contributed by atoms with Gasteiger partial charge in [-0.25, -0.2) is 0 Å². The van der Waals surface area contributed by atoms with Crippen molar-refractivity contribution in [2.24, 2.45) is 5.41 Å². The highest BCUT2D eigenvalue weighted by molar-refractivity contribution is 4.76. The van der Waals surface area contributed by atoms with Crippen LogP contribution in [0.5, 0.6) is 0 Å². The number of hydrogen-bond acceptors (Lipinski definition) is 3. The van der Waals surface area contributed by atoms with E-state index >= 15 is 0 Å². The van der Waals surface area contributed by atoms with Gasteiger partial charge in [0.1, 0.15) is 0 Å². The normalized spacial score (nSPS) is 12.6. The highest BCUT2D eigenvalue weighted by Crippen LogP contribution is 2.16. The third-order valence-electron chi connectivity index (χ3n) is 3.97. The summed E-state index contributed by atoms with van der Waals surface area (Å²) in [5, 5.41) is 3.56. The van der Waals surface area contributed by atoms with Crippen LogP contribution in [0.25, 0.3) is 0 Å². The van der Waals surface area contributed by atoms with Crippen molar-refractivity contribution in [3.8, 4) is 0 Å². The summed E-state index contributed by atoms with van der Waals surface area (Å²) >= 11 is 0. The Bertz CT molecular complexity index is 212. The number of nitrogens with zero attached hydrogens (tertiary/aromatic N) is 2. The van der Waals surface area contributed by atoms with Gasteiger partial charge < -0.3 is 15.1 Å². The number of rotatable bonds is 13. The molecule has 0 aliphatic heterocycles. The van der Waals surface area contributed by atoms with E-state index in [2.05, 4.69) is 56.7 Å². The molecule has 0 aliphatic rings. The lowest BCUT2D eigenvalue weighted by Crippen LogP contribution is -2.41. The van der Waals surface area contributed by atoms with Crippen molar-refractivity contribution in [3.05, 3.63) is 0 Å². The monoisotopic (exact) mass is 285 g/mol. The van der Waals surface area contributed by atoms with Crippen molar-refractivity contribution in [1.29, 1.82) is 0 Å². The molecule has 3 nitrogen and oxygen atoms in total. The van der Waals surface area contributed by atoms with Crippen molar-refractivity contribution in [2.45, 2.75) is 54.4 Å². The molecule has 0 fully saturated rings. The van der Waals surface area contributed by atoms with Gasteiger partial charge in [-0.1, -0.05) is 41.5 Å². The van der Waals surface area contributed by atoms with Crippen LogP contribution in [-0.4, -0.2) is 62.2 Å². The van der Waals surface area contributed by atoms with Gasteiger partial charge >= 0.3 is 0 Å². The molecule has 0 aromatic carbocycles. The average Bonchev–Trinajstić information content (AvgIpc) is 2.42. The molecule has 0 spiro atoms. The first-order valence-electron chi connectivity index (χ1n) is 8.64. The summed E-state index contributed by atoms with van der Waals surface area (Å²) in [5.41, 5.74) is 0.361. The summed E-state index contributed by atoms with van der Waals surface area (Å²) in [6, 6.07) is 0. The van der Waals surface area contributed by atoms with Gasteiger partial charge in [0, 0.05) is 13.1 Å². The topological polar surface area (TPSA) is 18.5 Å². The first kappa shape index (κ1) is 19.9. The molecule has 0 saturated heterocycles. The first-order valence-corrected chi connectivity index (χ1v) is 8.64. The zero-order chi connectivity index (χ0) is 15.4. The average molecular weight is 286 g/mol. The standard InChI is InChI=1S/C17H39N3/c1-7-12-18-15-17(5,6)16-20(10-4)14-11-13-19(8-2)9-3/h18H,7-16H2,1-6H3. The molecule has 0 aromatic rings. The van der Waals surface area contributed by atoms with Crippen molar-refractivity contribution >= 4 is 0 Å². The third kappa shape index (κ3) is 9.73. The third-order valence-corrected chi connectivity index (χ3v) is 3.97. The fraction of sp³-hybridized carbons (Fsp3) is 1.00. The van der Waals surface area contributed by atoms with Gasteiger partial charge in [0.2, 0.25) is 0 Å². The van der Waals surface area contributed by atoms with E-state index in [4.69, 9.17) is 0 Å². The Hall–Kier alpha value is -0.120. The molecule has 20 heavy (non-hydrogen) atoms. The van der Waals surface area contributed by atoms with E-state index in [1.165, 1.54) is 45.6 Å². The Morgan fingerprint density at radius 1 is 0.850 bits per heavy atom. The second-order valence-electron chi connectivity index (χ2n) is 6.59. The molecule has 1 N–H and O–H groups in total. The molecule has 0 amide bonds. The van der Waals surface area contributed by atoms with E-state index in [0.29, 0.717) is 5.41 Å². The summed E-state index contributed by atoms with van der Waals surface area (Å²) in [4.78, 5) is 5.12. The molecular formula is C17H39N3. The van der Waals surface area contributed by atoms with Crippen LogP contribution >= 0.6 is 0 Å². The molecule has 0 radical (unpaired) electrons. The van der Waals surface area contributed by atoms with Gasteiger partial charge in [-0.15, -0.1) is 0 Å². The van der Waals surface area contributed by atoms with E-state index in [1.807, 2.05) is 0 Å². The van der Waals surface area contributed by atoms with Gasteiger partial charge in [-0.05, 0) is 57.5 Å². The fourth-order valence-corrected chi connectivity index (χ4v) is 2.67. The lowest BCUT2D eigenvalue weighted by Gasteiger charge is -2.33. The Labute approximate surface area is 128 Å². The molecule has 0 aromatic heterocycles. The molecule has 0 atom stereocenters. The lowest BCUT2D eigenvalue weighted by molar-refractivity contribution is 0.171. The van der Waals surface area contributed by atoms with Crippen molar-refractivity contribution in [2.75, 3.05) is 52.4 Å². The number of nitrogens with one attached hydrogen (secondary N) is 1. The van der Waals surface area contributed by atoms with Crippen molar-refractivity contribution in [1.82, 2.24) is 15.1 Å². The van der Waals surface area contributed by atoms with Crippen LogP contribution in [0.4, 0.5) is 0 Å². The minimum atomic E-state index is 0.361. The van der Waals surface area contributed by atoms with E-state index < -0.39 is 0 Å². The Morgan fingerprint density at radius 3 is 1.90 bits per heavy atom. The summed E-state index contributed by atoms with van der Waals surface area (Å²) in [7, 11) is 0. The molecule has 122 valence electrons. The molecular weight excluding hydrogens is 246 g/mol. The van der Waals surface area contributed by atoms with E-state index in [-0.39, 0.29) is 0 Å². The van der Waals surface area contributed by atoms with Crippen LogP contribution in [0.1, 0.15) is 54.4 Å². The predicted molar refractivity (Wildman–Crippen MR) is 91.5 cm³/mol. The molecule has 3 heteroatoms. The maximum Gasteiger partial charge on any atom is 0.00447 e. The fourth-order valence-electron chi connectivity index (χ4n) is 2.67. The van der Waals surface area contributed by atoms with E-state index in [9.17, 15) is 0 Å². The minimum absolute atomic E-state index is 0.361. The Balaban J connectivity index is 4.00. The highest BCUT2D eigenvalue weighted by atomic mass is 15.1. The van der Waals surface area contributed by atoms with Crippen LogP contribution in [0.15, 0.2) is 0 Å². The lowest BCUT2D eigenvalue weighted by atomic mass is 9.92. The Kier molecular flexibility index (Phi) is 11.5. The molecule has 0 heterocycles. The minimum Gasteiger partial charge on any atom is -0.316 e. The summed E-state index contributed by atoms with van der Waals surface area (Å²) in [6.07, 6.45) is 2.51. The van der Waals surface area contributed by atoms with Gasteiger partial charge in [0.15, 0.2) is 0 Å². The van der Waals surface area contributed by atoms with Crippen molar-refractivity contribution < 1.29 is 0 Å². The van der Waals surface area contributed by atoms with Crippen LogP contribution < -0.4 is 5.32 Å². The Morgan fingerprint density at radius 2 is 1.40 bits per heavy atom. The maximum atomic E-state index is 3.56. The summed E-state index contributed by atoms with van der Waals surface area (Å²) < 4.78 is 0. The van der Waals surface area contributed by atoms with Crippen LogP contribution in [0, 0.1) is 5.41 Å². The van der Waals surface area contributed by atoms with Crippen LogP contribution in [0.3, 0.4) is 0 Å². The molecule has 0 rings (SSSR count). The second kappa shape index (κ2) is 11.5. The molecule has 0 aliphatic carbocycles.